The molecular weight excluding hydrogens is 272 g/mol. The molecule has 21 heavy (non-hydrogen) atoms. The third-order valence-corrected chi connectivity index (χ3v) is 3.15. The van der Waals surface area contributed by atoms with Crippen LogP contribution in [0, 0.1) is 0 Å². The first-order chi connectivity index (χ1) is 10.0. The zero-order chi connectivity index (χ0) is 15.0. The Morgan fingerprint density at radius 1 is 1.29 bits per heavy atom. The summed E-state index contributed by atoms with van der Waals surface area (Å²) >= 11 is 0. The van der Waals surface area contributed by atoms with Crippen molar-refractivity contribution in [2.24, 2.45) is 0 Å². The molecule has 0 aliphatic carbocycles. The van der Waals surface area contributed by atoms with E-state index in [0.717, 1.165) is 5.69 Å². The van der Waals surface area contributed by atoms with Crippen molar-refractivity contribution in [2.75, 3.05) is 5.32 Å². The number of nitrogens with one attached hydrogen (secondary N) is 2. The maximum Gasteiger partial charge on any atom is 0.417 e. The van der Waals surface area contributed by atoms with E-state index >= 15 is 0 Å². The predicted molar refractivity (Wildman–Crippen MR) is 77.3 cm³/mol. The number of nitrogens with zero attached hydrogens (tertiary/aromatic N) is 2. The van der Waals surface area contributed by atoms with Gasteiger partial charge in [0.15, 0.2) is 11.4 Å². The van der Waals surface area contributed by atoms with Crippen LogP contribution in [0.5, 0.6) is 0 Å². The summed E-state index contributed by atoms with van der Waals surface area (Å²) in [5.41, 5.74) is 2.00. The molecule has 7 nitrogen and oxygen atoms in total. The van der Waals surface area contributed by atoms with Gasteiger partial charge < -0.3 is 14.3 Å². The van der Waals surface area contributed by atoms with E-state index in [4.69, 9.17) is 8.94 Å². The average Bonchev–Trinajstić information content (AvgIpc) is 3.03. The van der Waals surface area contributed by atoms with Crippen molar-refractivity contribution >= 4 is 16.8 Å². The molecule has 0 spiro atoms. The van der Waals surface area contributed by atoms with Crippen LogP contribution in [0.15, 0.2) is 31.9 Å². The number of oxazole rings is 1. The van der Waals surface area contributed by atoms with E-state index in [-0.39, 0.29) is 12.0 Å². The molecule has 3 rings (SSSR count). The summed E-state index contributed by atoms with van der Waals surface area (Å²) in [6, 6.07) is 5.22. The number of anilines is 1. The molecule has 0 aliphatic rings. The normalized spacial score (nSPS) is 13.0. The van der Waals surface area contributed by atoms with Gasteiger partial charge in [0.05, 0.1) is 5.52 Å². The molecule has 0 aliphatic heterocycles. The summed E-state index contributed by atoms with van der Waals surface area (Å²) in [6.45, 7) is 5.95. The quantitative estimate of drug-likeness (QED) is 0.766. The van der Waals surface area contributed by atoms with Gasteiger partial charge >= 0.3 is 5.76 Å². The van der Waals surface area contributed by atoms with Crippen LogP contribution >= 0.6 is 0 Å². The highest BCUT2D eigenvalue weighted by molar-refractivity contribution is 5.76. The van der Waals surface area contributed by atoms with E-state index < -0.39 is 5.76 Å². The second-order valence-corrected chi connectivity index (χ2v) is 5.24. The largest absolute Gasteiger partial charge is 0.417 e. The van der Waals surface area contributed by atoms with Gasteiger partial charge in [0.1, 0.15) is 6.04 Å². The van der Waals surface area contributed by atoms with E-state index in [9.17, 15) is 4.79 Å². The molecule has 0 saturated heterocycles. The first-order valence-corrected chi connectivity index (χ1v) is 6.76. The lowest BCUT2D eigenvalue weighted by Crippen LogP contribution is -2.07. The molecule has 0 unspecified atom stereocenters. The SMILES string of the molecule is CC(C)c1noc([C@H](C)Nc2ccc3oc(=O)[nH]c3c2)n1. The zero-order valence-corrected chi connectivity index (χ0v) is 12.0. The Kier molecular flexibility index (Phi) is 3.25. The lowest BCUT2D eigenvalue weighted by molar-refractivity contribution is 0.361. The van der Waals surface area contributed by atoms with E-state index in [2.05, 4.69) is 20.4 Å². The van der Waals surface area contributed by atoms with Crippen molar-refractivity contribution < 1.29 is 8.94 Å². The second-order valence-electron chi connectivity index (χ2n) is 5.24. The van der Waals surface area contributed by atoms with Crippen LogP contribution in [-0.2, 0) is 0 Å². The summed E-state index contributed by atoms with van der Waals surface area (Å²) < 4.78 is 10.2. The highest BCUT2D eigenvalue weighted by Gasteiger charge is 2.16. The summed E-state index contributed by atoms with van der Waals surface area (Å²) in [4.78, 5) is 18.1. The first-order valence-electron chi connectivity index (χ1n) is 6.76. The van der Waals surface area contributed by atoms with Gasteiger partial charge in [-0.1, -0.05) is 19.0 Å². The van der Waals surface area contributed by atoms with Crippen LogP contribution in [0.3, 0.4) is 0 Å². The summed E-state index contributed by atoms with van der Waals surface area (Å²) in [5, 5.41) is 7.19. The molecule has 1 aromatic carbocycles. The maximum absolute atomic E-state index is 11.1. The fourth-order valence-corrected chi connectivity index (χ4v) is 2.01. The van der Waals surface area contributed by atoms with Gasteiger partial charge in [-0.3, -0.25) is 4.98 Å². The molecule has 2 aromatic heterocycles. The van der Waals surface area contributed by atoms with Crippen molar-refractivity contribution in [3.05, 3.63) is 40.5 Å². The van der Waals surface area contributed by atoms with Crippen LogP contribution in [0.2, 0.25) is 0 Å². The molecule has 0 saturated carbocycles. The molecule has 0 fully saturated rings. The van der Waals surface area contributed by atoms with E-state index in [0.29, 0.717) is 22.8 Å². The molecule has 7 heteroatoms. The Balaban J connectivity index is 1.81. The van der Waals surface area contributed by atoms with Crippen LogP contribution in [0.4, 0.5) is 5.69 Å². The minimum absolute atomic E-state index is 0.138. The molecule has 0 radical (unpaired) electrons. The minimum Gasteiger partial charge on any atom is -0.408 e. The van der Waals surface area contributed by atoms with Gasteiger partial charge in [-0.15, -0.1) is 0 Å². The fraction of sp³-hybridized carbons (Fsp3) is 0.357. The van der Waals surface area contributed by atoms with Gasteiger partial charge in [0, 0.05) is 11.6 Å². The number of hydrogen-bond donors (Lipinski definition) is 2. The molecule has 2 N–H and O–H groups in total. The molecule has 110 valence electrons. The van der Waals surface area contributed by atoms with Crippen molar-refractivity contribution in [2.45, 2.75) is 32.7 Å². The lowest BCUT2D eigenvalue weighted by atomic mass is 10.2. The third kappa shape index (κ3) is 2.67. The zero-order valence-electron chi connectivity index (χ0n) is 12.0. The number of rotatable bonds is 4. The van der Waals surface area contributed by atoms with Crippen LogP contribution < -0.4 is 11.1 Å². The van der Waals surface area contributed by atoms with Gasteiger partial charge in [-0.2, -0.15) is 4.98 Å². The number of aromatic amines is 1. The molecule has 0 bridgehead atoms. The Bertz CT molecular complexity index is 815. The van der Waals surface area contributed by atoms with Gasteiger partial charge in [-0.25, -0.2) is 4.79 Å². The monoisotopic (exact) mass is 288 g/mol. The van der Waals surface area contributed by atoms with Crippen LogP contribution in [0.25, 0.3) is 11.1 Å². The standard InChI is InChI=1S/C14H16N4O3/c1-7(2)12-17-13(21-18-12)8(3)15-9-4-5-11-10(6-9)16-14(19)20-11/h4-8,15H,1-3H3,(H,16,19)/t8-/m0/s1. The highest BCUT2D eigenvalue weighted by atomic mass is 16.5. The minimum atomic E-state index is -0.464. The number of hydrogen-bond acceptors (Lipinski definition) is 6. The Morgan fingerprint density at radius 3 is 2.81 bits per heavy atom. The predicted octanol–water partition coefficient (Wildman–Crippen LogP) is 2.80. The third-order valence-electron chi connectivity index (χ3n) is 3.15. The van der Waals surface area contributed by atoms with Gasteiger partial charge in [-0.05, 0) is 25.1 Å². The Morgan fingerprint density at radius 2 is 2.10 bits per heavy atom. The van der Waals surface area contributed by atoms with Crippen LogP contribution in [0.1, 0.15) is 44.4 Å². The Labute approximate surface area is 120 Å². The number of benzene rings is 1. The van der Waals surface area contributed by atoms with Crippen molar-refractivity contribution in [3.63, 3.8) is 0 Å². The first kappa shape index (κ1) is 13.4. The fourth-order valence-electron chi connectivity index (χ4n) is 2.01. The topological polar surface area (TPSA) is 97.0 Å². The average molecular weight is 288 g/mol. The molecule has 2 heterocycles. The van der Waals surface area contributed by atoms with E-state index in [1.165, 1.54) is 0 Å². The summed E-state index contributed by atoms with van der Waals surface area (Å²) in [5.74, 6) is 0.975. The van der Waals surface area contributed by atoms with Crippen molar-refractivity contribution in [3.8, 4) is 0 Å². The van der Waals surface area contributed by atoms with E-state index in [1.807, 2.05) is 26.8 Å². The molecule has 0 amide bonds. The number of H-pyrrole nitrogens is 1. The molecular formula is C14H16N4O3. The lowest BCUT2D eigenvalue weighted by Gasteiger charge is -2.10. The molecule has 1 atom stereocenters. The number of fused-ring (bicyclic) bond motifs is 1. The van der Waals surface area contributed by atoms with Gasteiger partial charge in [0.25, 0.3) is 0 Å². The second kappa shape index (κ2) is 5.08. The van der Waals surface area contributed by atoms with Gasteiger partial charge in [0.2, 0.25) is 5.89 Å². The number of aromatic nitrogens is 3. The Hall–Kier alpha value is -2.57. The highest BCUT2D eigenvalue weighted by Crippen LogP contribution is 2.22. The van der Waals surface area contributed by atoms with Crippen LogP contribution in [-0.4, -0.2) is 15.1 Å². The summed E-state index contributed by atoms with van der Waals surface area (Å²) in [6.07, 6.45) is 0. The van der Waals surface area contributed by atoms with E-state index in [1.54, 1.807) is 12.1 Å². The molecule has 3 aromatic rings. The van der Waals surface area contributed by atoms with Crippen molar-refractivity contribution in [1.29, 1.82) is 0 Å². The maximum atomic E-state index is 11.1. The smallest absolute Gasteiger partial charge is 0.408 e. The summed E-state index contributed by atoms with van der Waals surface area (Å²) in [7, 11) is 0. The van der Waals surface area contributed by atoms with Crippen molar-refractivity contribution in [1.82, 2.24) is 15.1 Å².